The number of halogens is 1. The quantitative estimate of drug-likeness (QED) is 0.711. The molecule has 0 radical (unpaired) electrons. The lowest BCUT2D eigenvalue weighted by atomic mass is 10.2. The zero-order valence-electron chi connectivity index (χ0n) is 13.4. The van der Waals surface area contributed by atoms with E-state index in [4.69, 9.17) is 21.1 Å². The molecule has 0 bridgehead atoms. The largest absolute Gasteiger partial charge is 0.637 e. The molecule has 0 unspecified atom stereocenters. The summed E-state index contributed by atoms with van der Waals surface area (Å²) in [6.45, 7) is 0. The Hall–Kier alpha value is -2.73. The van der Waals surface area contributed by atoms with Gasteiger partial charge < -0.3 is 19.7 Å². The fraction of sp³-hybridized carbons (Fsp3) is 0.176. The molecule has 0 fully saturated rings. The van der Waals surface area contributed by atoms with E-state index in [0.717, 1.165) is 0 Å². The van der Waals surface area contributed by atoms with E-state index in [9.17, 15) is 10.2 Å². The van der Waals surface area contributed by atoms with Gasteiger partial charge >= 0.3 is 11.9 Å². The predicted octanol–water partition coefficient (Wildman–Crippen LogP) is 2.02. The fourth-order valence-electron chi connectivity index (χ4n) is 2.63. The minimum Gasteiger partial charge on any atom is -0.493 e. The number of hydrogen-bond acceptors (Lipinski definition) is 4. The maximum Gasteiger partial charge on any atom is 0.637 e. The molecule has 24 heavy (non-hydrogen) atoms. The number of fused-ring (bicyclic) bond motifs is 1. The van der Waals surface area contributed by atoms with Gasteiger partial charge in [-0.25, -0.2) is 0 Å². The van der Waals surface area contributed by atoms with Gasteiger partial charge in [0.1, 0.15) is 7.05 Å². The number of hydrogen-bond donors (Lipinski definition) is 2. The molecule has 0 saturated carbocycles. The summed E-state index contributed by atoms with van der Waals surface area (Å²) >= 11 is 5.91. The minimum absolute atomic E-state index is 0.121. The Kier molecular flexibility index (Phi) is 4.07. The normalized spacial score (nSPS) is 10.8. The molecule has 0 aliphatic heterocycles. The van der Waals surface area contributed by atoms with Gasteiger partial charge in [-0.2, -0.15) is 0 Å². The molecule has 0 atom stereocenters. The van der Waals surface area contributed by atoms with Crippen molar-refractivity contribution in [1.29, 1.82) is 0 Å². The van der Waals surface area contributed by atoms with Crippen molar-refractivity contribution in [3.63, 3.8) is 0 Å². The number of aryl methyl sites for hydroxylation is 1. The highest BCUT2D eigenvalue weighted by Crippen LogP contribution is 2.34. The molecule has 2 N–H and O–H groups in total. The van der Waals surface area contributed by atoms with Crippen molar-refractivity contribution >= 4 is 22.5 Å². The number of benzene rings is 2. The third-order valence-corrected chi connectivity index (χ3v) is 4.15. The number of aromatic nitrogens is 2. The average Bonchev–Trinajstić information content (AvgIpc) is 2.60. The molecule has 124 valence electrons. The number of aromatic hydroxyl groups is 2. The molecule has 3 aromatic rings. The second-order valence-corrected chi connectivity index (χ2v) is 5.66. The lowest BCUT2D eigenvalue weighted by Gasteiger charge is -2.08. The number of nitrogens with zero attached hydrogens (tertiary/aromatic N) is 2. The maximum absolute atomic E-state index is 10.7. The first-order chi connectivity index (χ1) is 11.5. The lowest BCUT2D eigenvalue weighted by Crippen LogP contribution is -2.44. The summed E-state index contributed by atoms with van der Waals surface area (Å²) in [6, 6.07) is 9.98. The standard InChI is InChI=1S/C17H15ClN2O4/c1-19-13-9-15(24-3)14(23-2)8-12(13)16(21)20(17(19)22)11-6-4-10(18)5-7-11/h4-9H,1-3H3/p+2. The van der Waals surface area contributed by atoms with E-state index in [-0.39, 0.29) is 11.9 Å². The highest BCUT2D eigenvalue weighted by atomic mass is 35.5. The van der Waals surface area contributed by atoms with Gasteiger partial charge in [0.15, 0.2) is 16.9 Å². The summed E-state index contributed by atoms with van der Waals surface area (Å²) in [5.74, 6) is 0.862. The van der Waals surface area contributed by atoms with E-state index < -0.39 is 0 Å². The molecule has 1 aromatic heterocycles. The van der Waals surface area contributed by atoms with Gasteiger partial charge in [0.25, 0.3) is 0 Å². The van der Waals surface area contributed by atoms with Gasteiger partial charge in [-0.3, -0.25) is 0 Å². The zero-order chi connectivity index (χ0) is 17.4. The van der Waals surface area contributed by atoms with E-state index in [1.807, 2.05) is 0 Å². The van der Waals surface area contributed by atoms with Crippen LogP contribution in [0.1, 0.15) is 0 Å². The monoisotopic (exact) mass is 348 g/mol. The molecule has 0 aliphatic rings. The van der Waals surface area contributed by atoms with Gasteiger partial charge in [-0.1, -0.05) is 11.6 Å². The molecular formula is C17H17ClN2O4+2. The number of methoxy groups -OCH3 is 2. The molecule has 0 spiro atoms. The Morgan fingerprint density at radius 1 is 0.958 bits per heavy atom. The van der Waals surface area contributed by atoms with Crippen molar-refractivity contribution in [2.75, 3.05) is 14.2 Å². The van der Waals surface area contributed by atoms with Gasteiger partial charge in [0.2, 0.25) is 11.2 Å². The van der Waals surface area contributed by atoms with Crippen molar-refractivity contribution in [2.24, 2.45) is 7.05 Å². The Balaban J connectivity index is 2.38. The summed E-state index contributed by atoms with van der Waals surface area (Å²) in [6.07, 6.45) is 0. The molecule has 3 rings (SSSR count). The van der Waals surface area contributed by atoms with Crippen LogP contribution in [0.5, 0.6) is 23.4 Å². The first-order valence-corrected chi connectivity index (χ1v) is 7.53. The highest BCUT2D eigenvalue weighted by molar-refractivity contribution is 6.30. The SMILES string of the molecule is COc1cc2c(O)[n+](-c3ccc(Cl)cc3)c(O)[n+](C)c2cc1OC. The van der Waals surface area contributed by atoms with Crippen LogP contribution in [0, 0.1) is 0 Å². The zero-order valence-corrected chi connectivity index (χ0v) is 14.2. The Bertz CT molecular complexity index is 927. The number of rotatable bonds is 3. The number of ether oxygens (including phenoxy) is 2. The summed E-state index contributed by atoms with van der Waals surface area (Å²) in [5.41, 5.74) is 1.16. The predicted molar refractivity (Wildman–Crippen MR) is 88.1 cm³/mol. The van der Waals surface area contributed by atoms with Crippen molar-refractivity contribution in [2.45, 2.75) is 0 Å². The Morgan fingerprint density at radius 3 is 2.12 bits per heavy atom. The molecule has 0 aliphatic carbocycles. The van der Waals surface area contributed by atoms with E-state index >= 15 is 0 Å². The van der Waals surface area contributed by atoms with Gasteiger partial charge in [-0.05, 0) is 16.7 Å². The summed E-state index contributed by atoms with van der Waals surface area (Å²) in [7, 11) is 4.74. The Labute approximate surface area is 143 Å². The summed E-state index contributed by atoms with van der Waals surface area (Å²) in [5, 5.41) is 22.3. The van der Waals surface area contributed by atoms with Crippen molar-refractivity contribution in [3.05, 3.63) is 41.4 Å². The summed E-state index contributed by atoms with van der Waals surface area (Å²) in [4.78, 5) is 0. The molecular weight excluding hydrogens is 332 g/mol. The third kappa shape index (κ3) is 2.45. The van der Waals surface area contributed by atoms with Gasteiger partial charge in [-0.15, -0.1) is 4.57 Å². The Morgan fingerprint density at radius 2 is 1.54 bits per heavy atom. The van der Waals surface area contributed by atoms with Crippen LogP contribution in [0.25, 0.3) is 16.6 Å². The van der Waals surface area contributed by atoms with E-state index in [0.29, 0.717) is 33.1 Å². The summed E-state index contributed by atoms with van der Waals surface area (Å²) < 4.78 is 13.5. The maximum atomic E-state index is 10.7. The smallest absolute Gasteiger partial charge is 0.493 e. The van der Waals surface area contributed by atoms with Crippen LogP contribution in [-0.2, 0) is 7.05 Å². The van der Waals surface area contributed by atoms with Crippen LogP contribution < -0.4 is 18.6 Å². The van der Waals surface area contributed by atoms with E-state index in [1.54, 1.807) is 48.0 Å². The second-order valence-electron chi connectivity index (χ2n) is 5.22. The van der Waals surface area contributed by atoms with Crippen LogP contribution >= 0.6 is 11.6 Å². The molecule has 1 heterocycles. The van der Waals surface area contributed by atoms with Gasteiger partial charge in [0, 0.05) is 23.2 Å². The molecule has 6 nitrogen and oxygen atoms in total. The molecule has 2 aromatic carbocycles. The lowest BCUT2D eigenvalue weighted by molar-refractivity contribution is -0.768. The molecule has 0 amide bonds. The van der Waals surface area contributed by atoms with E-state index in [1.165, 1.54) is 18.8 Å². The molecule has 7 heteroatoms. The van der Waals surface area contributed by atoms with Crippen LogP contribution in [-0.4, -0.2) is 24.4 Å². The van der Waals surface area contributed by atoms with Crippen molar-refractivity contribution < 1.29 is 28.8 Å². The average molecular weight is 349 g/mol. The van der Waals surface area contributed by atoms with Gasteiger partial charge in [0.05, 0.1) is 20.3 Å². The van der Waals surface area contributed by atoms with Crippen LogP contribution in [0.15, 0.2) is 36.4 Å². The third-order valence-electron chi connectivity index (χ3n) is 3.90. The highest BCUT2D eigenvalue weighted by Gasteiger charge is 2.34. The van der Waals surface area contributed by atoms with Crippen LogP contribution in [0.3, 0.4) is 0 Å². The first kappa shape index (κ1) is 16.1. The van der Waals surface area contributed by atoms with Crippen LogP contribution in [0.2, 0.25) is 5.02 Å². The molecule has 0 saturated heterocycles. The first-order valence-electron chi connectivity index (χ1n) is 7.15. The fourth-order valence-corrected chi connectivity index (χ4v) is 2.75. The topological polar surface area (TPSA) is 66.7 Å². The van der Waals surface area contributed by atoms with Crippen molar-refractivity contribution in [3.8, 4) is 29.1 Å². The minimum atomic E-state index is -0.144. The van der Waals surface area contributed by atoms with Crippen LogP contribution in [0.4, 0.5) is 0 Å². The van der Waals surface area contributed by atoms with E-state index in [2.05, 4.69) is 0 Å². The van der Waals surface area contributed by atoms with Crippen molar-refractivity contribution in [1.82, 2.24) is 0 Å². The second kappa shape index (κ2) is 6.05.